The number of carbonyl (C=O) groups is 2. The fourth-order valence-electron chi connectivity index (χ4n) is 5.67. The molecule has 0 bridgehead atoms. The molecule has 0 radical (unpaired) electrons. The molecule has 2 aromatic rings. The van der Waals surface area contributed by atoms with Crippen LogP contribution in [0.25, 0.3) is 0 Å². The van der Waals surface area contributed by atoms with E-state index in [0.717, 1.165) is 17.0 Å². The first kappa shape index (κ1) is 28.4. The van der Waals surface area contributed by atoms with E-state index in [4.69, 9.17) is 9.84 Å². The van der Waals surface area contributed by atoms with Gasteiger partial charge < -0.3 is 25.9 Å². The van der Waals surface area contributed by atoms with Gasteiger partial charge in [0.25, 0.3) is 5.91 Å². The molecule has 1 fully saturated rings. The summed E-state index contributed by atoms with van der Waals surface area (Å²) in [5, 5.41) is 19.6. The molecule has 11 heteroatoms. The quantitative estimate of drug-likeness (QED) is 0.366. The van der Waals surface area contributed by atoms with E-state index in [9.17, 15) is 14.0 Å². The van der Waals surface area contributed by atoms with Crippen LogP contribution in [-0.2, 0) is 16.1 Å². The third-order valence-electron chi connectivity index (χ3n) is 7.72. The van der Waals surface area contributed by atoms with E-state index in [1.54, 1.807) is 24.4 Å². The van der Waals surface area contributed by atoms with Crippen molar-refractivity contribution >= 4 is 17.5 Å². The van der Waals surface area contributed by atoms with Crippen molar-refractivity contribution in [2.75, 3.05) is 26.8 Å². The van der Waals surface area contributed by atoms with E-state index >= 15 is 0 Å². The van der Waals surface area contributed by atoms with Crippen LogP contribution in [0.2, 0.25) is 0 Å². The fourth-order valence-corrected chi connectivity index (χ4v) is 5.67. The molecule has 41 heavy (non-hydrogen) atoms. The number of hydrogen-bond acceptors (Lipinski definition) is 8. The van der Waals surface area contributed by atoms with Crippen LogP contribution in [0.3, 0.4) is 0 Å². The molecule has 1 saturated heterocycles. The number of aliphatic hydroxyl groups is 1. The van der Waals surface area contributed by atoms with Crippen LogP contribution >= 0.6 is 0 Å². The van der Waals surface area contributed by atoms with Crippen molar-refractivity contribution in [3.05, 3.63) is 83.0 Å². The molecule has 2 unspecified atom stereocenters. The molecule has 10 nitrogen and oxygen atoms in total. The summed E-state index contributed by atoms with van der Waals surface area (Å²) >= 11 is 0. The lowest BCUT2D eigenvalue weighted by Gasteiger charge is -2.39. The highest BCUT2D eigenvalue weighted by atomic mass is 19.1. The number of nitrogens with zero attached hydrogens (tertiary/aromatic N) is 3. The van der Waals surface area contributed by atoms with Gasteiger partial charge in [0.05, 0.1) is 31.5 Å². The van der Waals surface area contributed by atoms with Gasteiger partial charge in [0, 0.05) is 60.2 Å². The van der Waals surface area contributed by atoms with Gasteiger partial charge in [-0.3, -0.25) is 19.5 Å². The molecule has 2 amide bonds. The summed E-state index contributed by atoms with van der Waals surface area (Å²) in [6, 6.07) is 7.67. The highest BCUT2D eigenvalue weighted by Crippen LogP contribution is 2.29. The van der Waals surface area contributed by atoms with Gasteiger partial charge in [0.2, 0.25) is 5.91 Å². The van der Waals surface area contributed by atoms with E-state index in [2.05, 4.69) is 26.1 Å². The summed E-state index contributed by atoms with van der Waals surface area (Å²) in [6.07, 6.45) is 8.46. The maximum Gasteiger partial charge on any atom is 0.251 e. The molecular weight excluding hydrogens is 527 g/mol. The number of aromatic nitrogens is 1. The Hall–Kier alpha value is -4.09. The lowest BCUT2D eigenvalue weighted by Crippen LogP contribution is -2.56. The number of amides is 2. The van der Waals surface area contributed by atoms with Crippen LogP contribution in [0.15, 0.2) is 65.4 Å². The predicted octanol–water partition coefficient (Wildman–Crippen LogP) is 1.58. The van der Waals surface area contributed by atoms with Crippen molar-refractivity contribution < 1.29 is 23.8 Å². The number of ether oxygens (including phenoxy) is 1. The van der Waals surface area contributed by atoms with Crippen LogP contribution in [0.4, 0.5) is 4.39 Å². The van der Waals surface area contributed by atoms with E-state index in [1.807, 2.05) is 36.1 Å². The Kier molecular flexibility index (Phi) is 8.75. The number of hydrogen-bond donors (Lipinski definition) is 4. The summed E-state index contributed by atoms with van der Waals surface area (Å²) in [6.45, 7) is 2.35. The Bertz CT molecular complexity index is 1390. The second kappa shape index (κ2) is 12.6. The molecule has 1 aromatic heterocycles. The number of nitrogens with one attached hydrogen (secondary N) is 3. The number of carbonyl (C=O) groups excluding carboxylic acids is 2. The molecule has 4 atom stereocenters. The lowest BCUT2D eigenvalue weighted by atomic mass is 9.86. The average molecular weight is 563 g/mol. The third kappa shape index (κ3) is 6.31. The largest absolute Gasteiger partial charge is 0.496 e. The van der Waals surface area contributed by atoms with Gasteiger partial charge in [-0.1, -0.05) is 24.3 Å². The Morgan fingerprint density at radius 2 is 2.12 bits per heavy atom. The van der Waals surface area contributed by atoms with Crippen LogP contribution in [0, 0.1) is 18.7 Å². The highest BCUT2D eigenvalue weighted by Gasteiger charge is 2.36. The number of aliphatic hydroxyl groups excluding tert-OH is 1. The maximum absolute atomic E-state index is 14.8. The number of rotatable bonds is 9. The number of pyridine rings is 1. The van der Waals surface area contributed by atoms with Gasteiger partial charge in [0.15, 0.2) is 0 Å². The molecule has 4 N–H and O–H groups in total. The zero-order valence-corrected chi connectivity index (χ0v) is 23.1. The van der Waals surface area contributed by atoms with Crippen LogP contribution in [0.5, 0.6) is 5.75 Å². The highest BCUT2D eigenvalue weighted by molar-refractivity contribution is 6.07. The zero-order valence-electron chi connectivity index (χ0n) is 23.1. The third-order valence-corrected chi connectivity index (χ3v) is 7.72. The van der Waals surface area contributed by atoms with Crippen molar-refractivity contribution in [2.24, 2.45) is 11.0 Å². The number of likely N-dealkylation sites (tertiary alicyclic amines) is 1. The summed E-state index contributed by atoms with van der Waals surface area (Å²) in [4.78, 5) is 32.5. The smallest absolute Gasteiger partial charge is 0.251 e. The Labute approximate surface area is 238 Å². The maximum atomic E-state index is 14.8. The summed E-state index contributed by atoms with van der Waals surface area (Å²) in [7, 11) is 1.48. The minimum atomic E-state index is -0.541. The van der Waals surface area contributed by atoms with Crippen molar-refractivity contribution in [2.45, 2.75) is 44.4 Å². The Morgan fingerprint density at radius 1 is 1.27 bits per heavy atom. The minimum absolute atomic E-state index is 0.0332. The normalized spacial score (nSPS) is 23.6. The topological polar surface area (TPSA) is 128 Å². The fraction of sp³-hybridized carbons (Fsp3) is 0.400. The lowest BCUT2D eigenvalue weighted by molar-refractivity contribution is -0.128. The van der Waals surface area contributed by atoms with Gasteiger partial charge in [-0.2, -0.15) is 5.10 Å². The van der Waals surface area contributed by atoms with Gasteiger partial charge in [-0.05, 0) is 44.0 Å². The molecule has 1 aliphatic carbocycles. The first-order valence-electron chi connectivity index (χ1n) is 13.8. The molecule has 3 heterocycles. The van der Waals surface area contributed by atoms with E-state index in [-0.39, 0.29) is 49.5 Å². The monoisotopic (exact) mass is 562 g/mol. The number of hydrazone groups is 1. The number of halogens is 1. The van der Waals surface area contributed by atoms with Crippen molar-refractivity contribution in [1.29, 1.82) is 0 Å². The van der Waals surface area contributed by atoms with E-state index < -0.39 is 11.9 Å². The molecule has 5 rings (SSSR count). The predicted molar refractivity (Wildman–Crippen MR) is 152 cm³/mol. The van der Waals surface area contributed by atoms with Crippen LogP contribution in [0.1, 0.15) is 29.7 Å². The molecule has 3 aliphatic rings. The van der Waals surface area contributed by atoms with Gasteiger partial charge >= 0.3 is 0 Å². The SMILES string of the molecule is COc1cccc(F)c1CN1C[C@H](NC(=O)C2=CC3C(c4ccnc(C)c4)=NNC3C=C2)CC[C@H]1C(=O)NCCO. The standard InChI is InChI=1S/C30H35FN6O4/c1-18-14-19(10-11-32-18)28-22-15-20(6-8-25(22)35-36-28)29(39)34-21-7-9-26(30(40)33-12-13-38)37(16-21)17-23-24(31)4-3-5-27(23)41-2/h3-6,8,10-11,14-15,21-22,25-26,35,38H,7,9,12-13,16-17H2,1-2H3,(H,33,40)(H,34,39)/t21-,22?,25?,26+/m1/s1. The van der Waals surface area contributed by atoms with E-state index in [0.29, 0.717) is 36.3 Å². The average Bonchev–Trinajstić information content (AvgIpc) is 3.40. The molecule has 1 aromatic carbocycles. The van der Waals surface area contributed by atoms with Crippen molar-refractivity contribution in [1.82, 2.24) is 25.9 Å². The number of piperidine rings is 1. The first-order chi connectivity index (χ1) is 19.9. The van der Waals surface area contributed by atoms with Crippen molar-refractivity contribution in [3.8, 4) is 5.75 Å². The molecule has 216 valence electrons. The second-order valence-electron chi connectivity index (χ2n) is 10.5. The van der Waals surface area contributed by atoms with Crippen LogP contribution in [-0.4, -0.2) is 77.4 Å². The number of aryl methyl sites for hydroxylation is 1. The number of benzene rings is 1. The van der Waals surface area contributed by atoms with Crippen LogP contribution < -0.4 is 20.8 Å². The number of fused-ring (bicyclic) bond motifs is 1. The van der Waals surface area contributed by atoms with Gasteiger partial charge in [-0.25, -0.2) is 4.39 Å². The minimum Gasteiger partial charge on any atom is -0.496 e. The Morgan fingerprint density at radius 3 is 2.90 bits per heavy atom. The molecule has 2 aliphatic heterocycles. The van der Waals surface area contributed by atoms with Gasteiger partial charge in [0.1, 0.15) is 11.6 Å². The zero-order chi connectivity index (χ0) is 28.9. The Balaban J connectivity index is 1.31. The molecule has 0 spiro atoms. The van der Waals surface area contributed by atoms with Gasteiger partial charge in [-0.15, -0.1) is 0 Å². The molecule has 0 saturated carbocycles. The second-order valence-corrected chi connectivity index (χ2v) is 10.5. The van der Waals surface area contributed by atoms with E-state index in [1.165, 1.54) is 13.2 Å². The summed E-state index contributed by atoms with van der Waals surface area (Å²) in [5.41, 5.74) is 6.73. The number of methoxy groups -OCH3 is 1. The first-order valence-corrected chi connectivity index (χ1v) is 13.8. The molecular formula is C30H35FN6O4. The van der Waals surface area contributed by atoms with Crippen molar-refractivity contribution in [3.63, 3.8) is 0 Å². The summed E-state index contributed by atoms with van der Waals surface area (Å²) in [5.74, 6) is -0.587. The summed E-state index contributed by atoms with van der Waals surface area (Å²) < 4.78 is 20.2.